The Kier molecular flexibility index (Phi) is 3.06. The fraction of sp³-hybridized carbons (Fsp3) is 0.357. The molecule has 1 aromatic heterocycles. The molecule has 0 radical (unpaired) electrons. The number of fused-ring (bicyclic) bond motifs is 3. The molecule has 22 heavy (non-hydrogen) atoms. The zero-order chi connectivity index (χ0) is 16.2. The summed E-state index contributed by atoms with van der Waals surface area (Å²) in [5.41, 5.74) is 19.2. The highest BCUT2D eigenvalue weighted by Gasteiger charge is 2.31. The molecule has 0 saturated heterocycles. The van der Waals surface area contributed by atoms with E-state index in [1.165, 1.54) is 0 Å². The molecule has 2 heterocycles. The maximum Gasteiger partial charge on any atom is 0.404 e. The normalized spacial score (nSPS) is 16.9. The Labute approximate surface area is 126 Å². The highest BCUT2D eigenvalue weighted by molar-refractivity contribution is 6.01. The number of primary amides is 1. The Morgan fingerprint density at radius 3 is 2.73 bits per heavy atom. The number of phenols is 2. The van der Waals surface area contributed by atoms with E-state index < -0.39 is 6.09 Å². The van der Waals surface area contributed by atoms with Gasteiger partial charge in [0.05, 0.1) is 16.6 Å². The number of hydrogen-bond donors (Lipinski definition) is 5. The third kappa shape index (κ3) is 1.84. The number of ether oxygens (including phenoxy) is 1. The third-order valence-electron chi connectivity index (χ3n) is 4.19. The molecule has 3 rings (SSSR count). The van der Waals surface area contributed by atoms with Crippen LogP contribution in [-0.4, -0.2) is 26.9 Å². The van der Waals surface area contributed by atoms with E-state index in [-0.39, 0.29) is 29.8 Å². The number of rotatable bonds is 2. The van der Waals surface area contributed by atoms with Crippen LogP contribution in [0.25, 0.3) is 10.9 Å². The molecule has 118 valence electrons. The highest BCUT2D eigenvalue weighted by atomic mass is 16.5. The van der Waals surface area contributed by atoms with Gasteiger partial charge in [-0.05, 0) is 6.92 Å². The molecule has 1 aliphatic rings. The largest absolute Gasteiger partial charge is 0.505 e. The quantitative estimate of drug-likeness (QED) is 0.308. The van der Waals surface area contributed by atoms with E-state index in [1.807, 2.05) is 4.57 Å². The van der Waals surface area contributed by atoms with Crippen molar-refractivity contribution in [3.8, 4) is 11.5 Å². The molecule has 1 amide bonds. The number of hydrogen-bond acceptors (Lipinski definition) is 6. The lowest BCUT2D eigenvalue weighted by Gasteiger charge is -2.12. The zero-order valence-electron chi connectivity index (χ0n) is 12.1. The van der Waals surface area contributed by atoms with Crippen molar-refractivity contribution in [2.75, 3.05) is 5.73 Å². The van der Waals surface area contributed by atoms with Gasteiger partial charge in [-0.2, -0.15) is 0 Å². The molecule has 0 bridgehead atoms. The Bertz CT molecular complexity index is 796. The van der Waals surface area contributed by atoms with Gasteiger partial charge in [0.2, 0.25) is 0 Å². The van der Waals surface area contributed by atoms with Gasteiger partial charge in [-0.25, -0.2) is 4.79 Å². The number of amides is 1. The molecule has 8 heteroatoms. The van der Waals surface area contributed by atoms with Crippen LogP contribution in [0.15, 0.2) is 0 Å². The molecule has 0 aliphatic carbocycles. The summed E-state index contributed by atoms with van der Waals surface area (Å²) in [5.74, 6) is -0.144. The Morgan fingerprint density at radius 2 is 2.09 bits per heavy atom. The van der Waals surface area contributed by atoms with Gasteiger partial charge in [0.15, 0.2) is 0 Å². The number of carbonyl (C=O) groups excluding carboxylic acids is 1. The number of nitrogens with two attached hydrogens (primary N) is 3. The molecule has 0 fully saturated rings. The lowest BCUT2D eigenvalue weighted by atomic mass is 10.0. The third-order valence-corrected chi connectivity index (χ3v) is 4.19. The average molecular weight is 306 g/mol. The molecule has 2 aromatic rings. The van der Waals surface area contributed by atoms with E-state index in [4.69, 9.17) is 21.9 Å². The SMILES string of the molecule is Cc1c(N)c(O)c2c(COC(N)=O)c3n(c2c1O)C[C@H](N)C3. The summed E-state index contributed by atoms with van der Waals surface area (Å²) in [4.78, 5) is 10.9. The van der Waals surface area contributed by atoms with E-state index in [0.29, 0.717) is 35.0 Å². The van der Waals surface area contributed by atoms with Crippen molar-refractivity contribution in [3.05, 3.63) is 16.8 Å². The van der Waals surface area contributed by atoms with Crippen molar-refractivity contribution in [2.45, 2.75) is 32.5 Å². The van der Waals surface area contributed by atoms with Crippen molar-refractivity contribution in [3.63, 3.8) is 0 Å². The van der Waals surface area contributed by atoms with Crippen LogP contribution in [0.5, 0.6) is 11.5 Å². The predicted octanol–water partition coefficient (Wildman–Crippen LogP) is 0.422. The van der Waals surface area contributed by atoms with Crippen molar-refractivity contribution < 1.29 is 19.7 Å². The van der Waals surface area contributed by atoms with Gasteiger partial charge >= 0.3 is 6.09 Å². The van der Waals surface area contributed by atoms with Crippen LogP contribution in [0.4, 0.5) is 10.5 Å². The summed E-state index contributed by atoms with van der Waals surface area (Å²) in [7, 11) is 0. The van der Waals surface area contributed by atoms with Gasteiger partial charge in [-0.1, -0.05) is 0 Å². The van der Waals surface area contributed by atoms with Crippen molar-refractivity contribution in [1.82, 2.24) is 4.57 Å². The Hall–Kier alpha value is -2.61. The maximum absolute atomic E-state index is 10.9. The summed E-state index contributed by atoms with van der Waals surface area (Å²) in [6.07, 6.45) is -0.372. The van der Waals surface area contributed by atoms with Crippen LogP contribution in [0.2, 0.25) is 0 Å². The van der Waals surface area contributed by atoms with E-state index >= 15 is 0 Å². The summed E-state index contributed by atoms with van der Waals surface area (Å²) < 4.78 is 6.71. The summed E-state index contributed by atoms with van der Waals surface area (Å²) >= 11 is 0. The van der Waals surface area contributed by atoms with Gasteiger partial charge in [-0.15, -0.1) is 0 Å². The van der Waals surface area contributed by atoms with Crippen LogP contribution in [0, 0.1) is 6.92 Å². The molecule has 0 spiro atoms. The minimum Gasteiger partial charge on any atom is -0.505 e. The molecule has 8 N–H and O–H groups in total. The maximum atomic E-state index is 10.9. The molecule has 0 unspecified atom stereocenters. The molecule has 0 saturated carbocycles. The van der Waals surface area contributed by atoms with Gasteiger partial charge in [0, 0.05) is 35.8 Å². The smallest absolute Gasteiger partial charge is 0.404 e. The van der Waals surface area contributed by atoms with Gasteiger partial charge in [0.25, 0.3) is 0 Å². The highest BCUT2D eigenvalue weighted by Crippen LogP contribution is 2.46. The second kappa shape index (κ2) is 4.70. The van der Waals surface area contributed by atoms with Crippen LogP contribution >= 0.6 is 0 Å². The van der Waals surface area contributed by atoms with E-state index in [1.54, 1.807) is 6.92 Å². The second-order valence-electron chi connectivity index (χ2n) is 5.57. The predicted molar refractivity (Wildman–Crippen MR) is 80.5 cm³/mol. The number of aromatic hydroxyl groups is 2. The van der Waals surface area contributed by atoms with Crippen molar-refractivity contribution in [2.24, 2.45) is 11.5 Å². The van der Waals surface area contributed by atoms with Crippen molar-refractivity contribution >= 4 is 22.7 Å². The molecule has 8 nitrogen and oxygen atoms in total. The van der Waals surface area contributed by atoms with Crippen LogP contribution in [0.3, 0.4) is 0 Å². The summed E-state index contributed by atoms with van der Waals surface area (Å²) in [6.45, 7) is 2.01. The van der Waals surface area contributed by atoms with Gasteiger partial charge in [0.1, 0.15) is 18.1 Å². The first-order valence-corrected chi connectivity index (χ1v) is 6.84. The molecule has 1 aromatic carbocycles. The Morgan fingerprint density at radius 1 is 1.41 bits per heavy atom. The van der Waals surface area contributed by atoms with Crippen LogP contribution in [0.1, 0.15) is 16.8 Å². The number of phenolic OH excluding ortho intramolecular Hbond substituents is 2. The number of nitrogen functional groups attached to an aromatic ring is 1. The van der Waals surface area contributed by atoms with E-state index in [9.17, 15) is 15.0 Å². The molecule has 1 atom stereocenters. The fourth-order valence-electron chi connectivity index (χ4n) is 3.12. The molecular weight excluding hydrogens is 288 g/mol. The number of anilines is 1. The molecular formula is C14H18N4O4. The first kappa shape index (κ1) is 14.3. The number of aromatic nitrogens is 1. The van der Waals surface area contributed by atoms with Crippen LogP contribution < -0.4 is 17.2 Å². The number of carbonyl (C=O) groups is 1. The van der Waals surface area contributed by atoms with Gasteiger partial charge < -0.3 is 36.7 Å². The van der Waals surface area contributed by atoms with Crippen molar-refractivity contribution in [1.29, 1.82) is 0 Å². The number of nitrogens with zero attached hydrogens (tertiary/aromatic N) is 1. The first-order chi connectivity index (χ1) is 10.3. The fourth-order valence-corrected chi connectivity index (χ4v) is 3.12. The van der Waals surface area contributed by atoms with Crippen LogP contribution in [-0.2, 0) is 24.3 Å². The number of benzene rings is 1. The van der Waals surface area contributed by atoms with Gasteiger partial charge in [-0.3, -0.25) is 0 Å². The zero-order valence-corrected chi connectivity index (χ0v) is 12.1. The lowest BCUT2D eigenvalue weighted by Crippen LogP contribution is -2.21. The Balaban J connectivity index is 2.33. The second-order valence-corrected chi connectivity index (χ2v) is 5.57. The first-order valence-electron chi connectivity index (χ1n) is 6.84. The minimum atomic E-state index is -0.917. The summed E-state index contributed by atoms with van der Waals surface area (Å²) in [5, 5.41) is 21.2. The van der Waals surface area contributed by atoms with E-state index in [0.717, 1.165) is 5.69 Å². The minimum absolute atomic E-state index is 0.00836. The summed E-state index contributed by atoms with van der Waals surface area (Å²) in [6, 6.07) is -0.105. The molecule has 1 aliphatic heterocycles. The average Bonchev–Trinajstić information content (AvgIpc) is 2.95. The standard InChI is InChI=1S/C14H18N4O4/c1-5-10(16)13(20)9-7(4-22-14(17)21)8-2-6(15)3-18(8)11(9)12(5)19/h6,19-20H,2-4,15-16H2,1H3,(H2,17,21)/t6-/m1/s1. The van der Waals surface area contributed by atoms with E-state index in [2.05, 4.69) is 0 Å². The lowest BCUT2D eigenvalue weighted by molar-refractivity contribution is 0.150. The monoisotopic (exact) mass is 306 g/mol. The topological polar surface area (TPSA) is 150 Å².